The molecule has 3 rings (SSSR count). The van der Waals surface area contributed by atoms with Crippen molar-refractivity contribution >= 4 is 29.1 Å². The number of piperazine rings is 1. The first-order chi connectivity index (χ1) is 9.99. The van der Waals surface area contributed by atoms with Crippen LogP contribution in [0.15, 0.2) is 12.1 Å². The van der Waals surface area contributed by atoms with E-state index >= 15 is 0 Å². The number of anilines is 1. The molecule has 0 N–H and O–H groups in total. The molecular weight excluding hydrogens is 302 g/mol. The number of hydrogen-bond donors (Lipinski definition) is 0. The van der Waals surface area contributed by atoms with Crippen molar-refractivity contribution < 1.29 is 18.4 Å². The molecule has 0 radical (unpaired) electrons. The summed E-state index contributed by atoms with van der Waals surface area (Å²) < 4.78 is 27.1. The van der Waals surface area contributed by atoms with Gasteiger partial charge in [0.1, 0.15) is 18.4 Å². The van der Waals surface area contributed by atoms with E-state index in [0.29, 0.717) is 19.0 Å². The van der Waals surface area contributed by atoms with Gasteiger partial charge in [-0.25, -0.2) is 8.78 Å². The van der Waals surface area contributed by atoms with Crippen LogP contribution < -0.4 is 4.90 Å². The molecule has 7 heteroatoms. The highest BCUT2D eigenvalue weighted by Crippen LogP contribution is 2.34. The summed E-state index contributed by atoms with van der Waals surface area (Å²) in [5.74, 6) is -2.36. The quantitative estimate of drug-likeness (QED) is 0.798. The summed E-state index contributed by atoms with van der Waals surface area (Å²) in [5.41, 5.74) is -0.221. The zero-order chi connectivity index (χ0) is 15.1. The highest BCUT2D eigenvalue weighted by molar-refractivity contribution is 6.34. The number of piperidine rings is 1. The van der Waals surface area contributed by atoms with Gasteiger partial charge >= 0.3 is 0 Å². The predicted molar refractivity (Wildman–Crippen MR) is 73.1 cm³/mol. The third kappa shape index (κ3) is 2.37. The lowest BCUT2D eigenvalue weighted by Gasteiger charge is -2.42. The lowest BCUT2D eigenvalue weighted by atomic mass is 9.98. The molecule has 0 aromatic heterocycles. The minimum absolute atomic E-state index is 0.210. The smallest absolute Gasteiger partial charge is 0.250 e. The second-order valence-corrected chi connectivity index (χ2v) is 5.65. The average molecular weight is 315 g/mol. The van der Waals surface area contributed by atoms with E-state index in [1.165, 1.54) is 4.90 Å². The van der Waals surface area contributed by atoms with Gasteiger partial charge < -0.3 is 4.90 Å². The van der Waals surface area contributed by atoms with Crippen molar-refractivity contribution in [2.45, 2.75) is 25.3 Å². The van der Waals surface area contributed by atoms with Gasteiger partial charge in [-0.1, -0.05) is 11.6 Å². The van der Waals surface area contributed by atoms with Gasteiger partial charge in [-0.15, -0.1) is 0 Å². The molecule has 1 aromatic rings. The third-order valence-corrected chi connectivity index (χ3v) is 4.21. The Hall–Kier alpha value is -1.69. The van der Waals surface area contributed by atoms with Crippen molar-refractivity contribution in [1.82, 2.24) is 4.90 Å². The van der Waals surface area contributed by atoms with Gasteiger partial charge in [0, 0.05) is 12.6 Å². The van der Waals surface area contributed by atoms with E-state index in [-0.39, 0.29) is 29.1 Å². The van der Waals surface area contributed by atoms with Crippen LogP contribution in [0.1, 0.15) is 19.3 Å². The van der Waals surface area contributed by atoms with Crippen molar-refractivity contribution in [1.29, 1.82) is 0 Å². The molecule has 0 spiro atoms. The SMILES string of the molecule is O=C1C2CCCCN2C(=O)CN1c1c(F)cc(F)cc1Cl. The van der Waals surface area contributed by atoms with Gasteiger partial charge in [-0.2, -0.15) is 0 Å². The number of benzene rings is 1. The zero-order valence-corrected chi connectivity index (χ0v) is 11.9. The van der Waals surface area contributed by atoms with Crippen LogP contribution in [0.4, 0.5) is 14.5 Å². The lowest BCUT2D eigenvalue weighted by molar-refractivity contribution is -0.144. The number of fused-ring (bicyclic) bond motifs is 1. The first kappa shape index (κ1) is 14.3. The maximum absolute atomic E-state index is 14.0. The fourth-order valence-corrected chi connectivity index (χ4v) is 3.25. The number of amides is 2. The van der Waals surface area contributed by atoms with E-state index in [0.717, 1.165) is 23.8 Å². The van der Waals surface area contributed by atoms with Crippen LogP contribution in [0.2, 0.25) is 5.02 Å². The summed E-state index contributed by atoms with van der Waals surface area (Å²) in [7, 11) is 0. The molecule has 2 saturated heterocycles. The molecule has 2 aliphatic heterocycles. The second-order valence-electron chi connectivity index (χ2n) is 5.24. The normalized spacial score (nSPS) is 22.5. The Kier molecular flexibility index (Phi) is 3.57. The van der Waals surface area contributed by atoms with Gasteiger partial charge in [0.25, 0.3) is 0 Å². The molecule has 1 aromatic carbocycles. The van der Waals surface area contributed by atoms with Gasteiger partial charge in [0.15, 0.2) is 5.82 Å². The molecule has 21 heavy (non-hydrogen) atoms. The van der Waals surface area contributed by atoms with Gasteiger partial charge in [0.2, 0.25) is 11.8 Å². The summed E-state index contributed by atoms with van der Waals surface area (Å²) in [5, 5.41) is -0.210. The Labute approximate surface area is 125 Å². The van der Waals surface area contributed by atoms with E-state index in [4.69, 9.17) is 11.6 Å². The monoisotopic (exact) mass is 314 g/mol. The Bertz CT molecular complexity index is 600. The maximum Gasteiger partial charge on any atom is 0.250 e. The number of nitrogens with zero attached hydrogens (tertiary/aromatic N) is 2. The molecule has 0 saturated carbocycles. The highest BCUT2D eigenvalue weighted by Gasteiger charge is 2.42. The molecule has 2 amide bonds. The van der Waals surface area contributed by atoms with Crippen LogP contribution in [0.3, 0.4) is 0 Å². The molecule has 112 valence electrons. The average Bonchev–Trinajstić information content (AvgIpc) is 2.43. The topological polar surface area (TPSA) is 40.6 Å². The lowest BCUT2D eigenvalue weighted by Crippen LogP contribution is -2.61. The molecule has 1 unspecified atom stereocenters. The summed E-state index contributed by atoms with van der Waals surface area (Å²) in [6, 6.07) is 1.03. The van der Waals surface area contributed by atoms with Crippen molar-refractivity contribution in [3.05, 3.63) is 28.8 Å². The molecule has 4 nitrogen and oxygen atoms in total. The number of carbonyl (C=O) groups excluding carboxylic acids is 2. The van der Waals surface area contributed by atoms with Crippen LogP contribution in [-0.2, 0) is 9.59 Å². The van der Waals surface area contributed by atoms with E-state index in [9.17, 15) is 18.4 Å². The van der Waals surface area contributed by atoms with Crippen LogP contribution in [-0.4, -0.2) is 35.8 Å². The molecule has 0 bridgehead atoms. The Morgan fingerprint density at radius 3 is 2.67 bits per heavy atom. The molecule has 0 aliphatic carbocycles. The van der Waals surface area contributed by atoms with Crippen LogP contribution >= 0.6 is 11.6 Å². The van der Waals surface area contributed by atoms with Crippen molar-refractivity contribution in [3.63, 3.8) is 0 Å². The van der Waals surface area contributed by atoms with E-state index in [1.54, 1.807) is 0 Å². The summed E-state index contributed by atoms with van der Waals surface area (Å²) in [4.78, 5) is 27.2. The standard InChI is InChI=1S/C14H13ClF2N2O2/c15-9-5-8(16)6-10(17)13(9)19-7-12(20)18-4-2-1-3-11(18)14(19)21/h5-6,11H,1-4,7H2. The molecular formula is C14H13ClF2N2O2. The Morgan fingerprint density at radius 2 is 1.95 bits per heavy atom. The van der Waals surface area contributed by atoms with E-state index in [2.05, 4.69) is 0 Å². The van der Waals surface area contributed by atoms with Gasteiger partial charge in [-0.3, -0.25) is 14.5 Å². The van der Waals surface area contributed by atoms with Gasteiger partial charge in [0.05, 0.1) is 10.7 Å². The zero-order valence-electron chi connectivity index (χ0n) is 11.1. The van der Waals surface area contributed by atoms with Crippen LogP contribution in [0.25, 0.3) is 0 Å². The summed E-state index contributed by atoms with van der Waals surface area (Å²) >= 11 is 5.86. The number of rotatable bonds is 1. The van der Waals surface area contributed by atoms with Gasteiger partial charge in [-0.05, 0) is 25.3 Å². The summed E-state index contributed by atoms with van der Waals surface area (Å²) in [6.07, 6.45) is 2.26. The first-order valence-corrected chi connectivity index (χ1v) is 7.12. The van der Waals surface area contributed by atoms with E-state index in [1.807, 2.05) is 0 Å². The number of hydrogen-bond acceptors (Lipinski definition) is 2. The fourth-order valence-electron chi connectivity index (χ4n) is 2.95. The largest absolute Gasteiger partial charge is 0.329 e. The summed E-state index contributed by atoms with van der Waals surface area (Å²) in [6.45, 7) is 0.278. The fraction of sp³-hybridized carbons (Fsp3) is 0.429. The van der Waals surface area contributed by atoms with Crippen LogP contribution in [0, 0.1) is 11.6 Å². The molecule has 1 atom stereocenters. The van der Waals surface area contributed by atoms with Crippen molar-refractivity contribution in [2.75, 3.05) is 18.0 Å². The highest BCUT2D eigenvalue weighted by atomic mass is 35.5. The number of carbonyl (C=O) groups is 2. The third-order valence-electron chi connectivity index (χ3n) is 3.92. The predicted octanol–water partition coefficient (Wildman–Crippen LogP) is 2.35. The second kappa shape index (κ2) is 5.26. The minimum Gasteiger partial charge on any atom is -0.329 e. The maximum atomic E-state index is 14.0. The Balaban J connectivity index is 2.00. The van der Waals surface area contributed by atoms with Crippen molar-refractivity contribution in [3.8, 4) is 0 Å². The Morgan fingerprint density at radius 1 is 1.19 bits per heavy atom. The minimum atomic E-state index is -0.939. The first-order valence-electron chi connectivity index (χ1n) is 6.74. The van der Waals surface area contributed by atoms with Crippen LogP contribution in [0.5, 0.6) is 0 Å². The molecule has 2 aliphatic rings. The van der Waals surface area contributed by atoms with E-state index < -0.39 is 17.7 Å². The van der Waals surface area contributed by atoms with Crippen molar-refractivity contribution in [2.24, 2.45) is 0 Å². The molecule has 2 heterocycles. The molecule has 2 fully saturated rings. The number of halogens is 3.